The van der Waals surface area contributed by atoms with E-state index in [1.807, 2.05) is 11.0 Å². The van der Waals surface area contributed by atoms with Crippen LogP contribution in [-0.2, 0) is 11.2 Å². The van der Waals surface area contributed by atoms with Gasteiger partial charge in [0.15, 0.2) is 6.73 Å². The maximum Gasteiger partial charge on any atom is 0.260 e. The summed E-state index contributed by atoms with van der Waals surface area (Å²) in [6.45, 7) is 8.81. The molecule has 1 aromatic carbocycles. The van der Waals surface area contributed by atoms with Gasteiger partial charge in [0, 0.05) is 18.8 Å². The average Bonchev–Trinajstić information content (AvgIpc) is 2.69. The van der Waals surface area contributed by atoms with Crippen molar-refractivity contribution in [1.82, 2.24) is 10.2 Å². The number of hydrogen-bond donors (Lipinski definition) is 1. The van der Waals surface area contributed by atoms with Crippen molar-refractivity contribution in [1.29, 1.82) is 0 Å². The lowest BCUT2D eigenvalue weighted by molar-refractivity contribution is -0.0101. The number of hydrogen-bond acceptors (Lipinski definition) is 4. The average molecular weight is 368 g/mol. The Morgan fingerprint density at radius 2 is 2.07 bits per heavy atom. The molecule has 5 nitrogen and oxygen atoms in total. The van der Waals surface area contributed by atoms with Crippen LogP contribution < -0.4 is 10.1 Å². The van der Waals surface area contributed by atoms with Crippen molar-refractivity contribution in [2.75, 3.05) is 26.5 Å². The first-order valence-corrected chi connectivity index (χ1v) is 9.79. The minimum absolute atomic E-state index is 0.0718. The Morgan fingerprint density at radius 3 is 2.78 bits per heavy atom. The Hall–Kier alpha value is -2.27. The Morgan fingerprint density at radius 1 is 1.22 bits per heavy atom. The number of ether oxygens (including phenoxy) is 2. The van der Waals surface area contributed by atoms with E-state index in [4.69, 9.17) is 9.47 Å². The highest BCUT2D eigenvalue weighted by atomic mass is 16.5. The molecule has 5 heteroatoms. The van der Waals surface area contributed by atoms with E-state index in [0.29, 0.717) is 18.9 Å². The van der Waals surface area contributed by atoms with Gasteiger partial charge in [-0.05, 0) is 74.4 Å². The summed E-state index contributed by atoms with van der Waals surface area (Å²) in [6, 6.07) is 2.16. The summed E-state index contributed by atoms with van der Waals surface area (Å²) in [5.41, 5.74) is 6.69. The van der Waals surface area contributed by atoms with Crippen LogP contribution in [0.15, 0.2) is 29.5 Å². The number of carbonyl (C=O) groups is 1. The highest BCUT2D eigenvalue weighted by molar-refractivity contribution is 5.99. The smallest absolute Gasteiger partial charge is 0.260 e. The van der Waals surface area contributed by atoms with E-state index in [2.05, 4.69) is 38.2 Å². The van der Waals surface area contributed by atoms with Crippen LogP contribution in [0, 0.1) is 13.8 Å². The molecule has 0 aromatic heterocycles. The summed E-state index contributed by atoms with van der Waals surface area (Å²) in [7, 11) is 0. The number of carbonyl (C=O) groups excluding carboxylic acids is 1. The van der Waals surface area contributed by atoms with Crippen LogP contribution >= 0.6 is 0 Å². The lowest BCUT2D eigenvalue weighted by Gasteiger charge is -2.37. The maximum absolute atomic E-state index is 13.2. The summed E-state index contributed by atoms with van der Waals surface area (Å²) >= 11 is 0. The molecule has 1 saturated heterocycles. The minimum Gasteiger partial charge on any atom is -0.472 e. The van der Waals surface area contributed by atoms with Crippen LogP contribution in [0.2, 0.25) is 0 Å². The predicted octanol–water partition coefficient (Wildman–Crippen LogP) is 3.25. The van der Waals surface area contributed by atoms with Gasteiger partial charge in [-0.1, -0.05) is 6.08 Å². The molecular formula is C22H28N2O3. The number of fused-ring (bicyclic) bond motifs is 1. The Labute approximate surface area is 161 Å². The Kier molecular flexibility index (Phi) is 4.96. The van der Waals surface area contributed by atoms with Gasteiger partial charge in [-0.3, -0.25) is 9.69 Å². The van der Waals surface area contributed by atoms with Crippen LogP contribution in [0.25, 0.3) is 0 Å². The molecule has 0 saturated carbocycles. The topological polar surface area (TPSA) is 50.8 Å². The third-order valence-electron chi connectivity index (χ3n) is 5.95. The molecule has 1 fully saturated rings. The summed E-state index contributed by atoms with van der Waals surface area (Å²) < 4.78 is 11.6. The number of nitrogens with one attached hydrogen (secondary N) is 1. The molecule has 0 bridgehead atoms. The van der Waals surface area contributed by atoms with E-state index < -0.39 is 0 Å². The van der Waals surface area contributed by atoms with Gasteiger partial charge in [-0.2, -0.15) is 0 Å². The summed E-state index contributed by atoms with van der Waals surface area (Å²) in [5, 5.41) is 3.39. The molecule has 144 valence electrons. The summed E-state index contributed by atoms with van der Waals surface area (Å²) in [4.78, 5) is 15.1. The van der Waals surface area contributed by atoms with Gasteiger partial charge in [0.05, 0.1) is 18.2 Å². The number of amides is 1. The van der Waals surface area contributed by atoms with Gasteiger partial charge in [0.25, 0.3) is 5.91 Å². The van der Waals surface area contributed by atoms with Crippen LogP contribution in [0.4, 0.5) is 0 Å². The van der Waals surface area contributed by atoms with Crippen molar-refractivity contribution in [2.45, 2.75) is 46.1 Å². The first-order valence-electron chi connectivity index (χ1n) is 9.79. The first-order chi connectivity index (χ1) is 13.0. The van der Waals surface area contributed by atoms with E-state index in [1.165, 1.54) is 22.4 Å². The van der Waals surface area contributed by atoms with E-state index in [-0.39, 0.29) is 11.9 Å². The number of benzene rings is 1. The zero-order chi connectivity index (χ0) is 19.0. The fraction of sp³-hybridized carbons (Fsp3) is 0.500. The molecule has 0 radical (unpaired) electrons. The molecule has 27 heavy (non-hydrogen) atoms. The van der Waals surface area contributed by atoms with Crippen LogP contribution in [0.1, 0.15) is 46.8 Å². The van der Waals surface area contributed by atoms with Crippen molar-refractivity contribution in [2.24, 2.45) is 0 Å². The van der Waals surface area contributed by atoms with Crippen molar-refractivity contribution in [3.05, 3.63) is 51.7 Å². The zero-order valence-electron chi connectivity index (χ0n) is 16.4. The second-order valence-electron chi connectivity index (χ2n) is 7.79. The number of rotatable bonds is 3. The third kappa shape index (κ3) is 3.48. The quantitative estimate of drug-likeness (QED) is 0.890. The first kappa shape index (κ1) is 18.1. The molecule has 3 aliphatic rings. The Balaban J connectivity index is 1.64. The van der Waals surface area contributed by atoms with Gasteiger partial charge >= 0.3 is 0 Å². The molecule has 1 N–H and O–H groups in total. The largest absolute Gasteiger partial charge is 0.472 e. The van der Waals surface area contributed by atoms with Gasteiger partial charge in [0.1, 0.15) is 5.75 Å². The molecule has 0 spiro atoms. The molecule has 1 aromatic rings. The highest BCUT2D eigenvalue weighted by Crippen LogP contribution is 2.35. The SMILES string of the molecule is CC1=CC=C(Cc2cc3c(c(C)c2C)OCN(C2CCCOC2)C3=O)CN1. The number of nitrogens with zero attached hydrogens (tertiary/aromatic N) is 1. The molecule has 3 heterocycles. The second kappa shape index (κ2) is 7.39. The maximum atomic E-state index is 13.2. The van der Waals surface area contributed by atoms with Gasteiger partial charge < -0.3 is 14.8 Å². The molecule has 1 atom stereocenters. The van der Waals surface area contributed by atoms with E-state index in [0.717, 1.165) is 43.7 Å². The fourth-order valence-electron chi connectivity index (χ4n) is 4.06. The Bertz CT molecular complexity index is 819. The van der Waals surface area contributed by atoms with Gasteiger partial charge in [-0.15, -0.1) is 0 Å². The lowest BCUT2D eigenvalue weighted by Crippen LogP contribution is -2.49. The van der Waals surface area contributed by atoms with Crippen LogP contribution in [0.3, 0.4) is 0 Å². The predicted molar refractivity (Wildman–Crippen MR) is 105 cm³/mol. The highest BCUT2D eigenvalue weighted by Gasteiger charge is 2.34. The zero-order valence-corrected chi connectivity index (χ0v) is 16.4. The minimum atomic E-state index is 0.0718. The van der Waals surface area contributed by atoms with Crippen LogP contribution in [0.5, 0.6) is 5.75 Å². The van der Waals surface area contributed by atoms with E-state index in [1.54, 1.807) is 0 Å². The number of dihydropyridines is 1. The fourth-order valence-corrected chi connectivity index (χ4v) is 4.06. The van der Waals surface area contributed by atoms with Crippen molar-refractivity contribution < 1.29 is 14.3 Å². The standard InChI is InChI=1S/C22H28N2O3/c1-14-6-7-17(11-23-14)9-18-10-20-21(16(3)15(18)2)27-13-24(22(20)25)19-5-4-8-26-12-19/h6-7,10,19,23H,4-5,8-9,11-13H2,1-3H3. The molecule has 4 rings (SSSR count). The molecule has 3 aliphatic heterocycles. The molecular weight excluding hydrogens is 340 g/mol. The van der Waals surface area contributed by atoms with E-state index >= 15 is 0 Å². The second-order valence-corrected chi connectivity index (χ2v) is 7.79. The molecule has 1 amide bonds. The summed E-state index contributed by atoms with van der Waals surface area (Å²) in [6.07, 6.45) is 7.11. The van der Waals surface area contributed by atoms with Crippen molar-refractivity contribution in [3.63, 3.8) is 0 Å². The lowest BCUT2D eigenvalue weighted by atomic mass is 9.91. The number of allylic oxidation sites excluding steroid dienone is 3. The molecule has 0 aliphatic carbocycles. The third-order valence-corrected chi connectivity index (χ3v) is 5.95. The monoisotopic (exact) mass is 368 g/mol. The van der Waals surface area contributed by atoms with Crippen molar-refractivity contribution >= 4 is 5.91 Å². The van der Waals surface area contributed by atoms with Gasteiger partial charge in [-0.25, -0.2) is 0 Å². The van der Waals surface area contributed by atoms with Crippen LogP contribution in [-0.4, -0.2) is 43.3 Å². The molecule has 1 unspecified atom stereocenters. The van der Waals surface area contributed by atoms with E-state index in [9.17, 15) is 4.79 Å². The van der Waals surface area contributed by atoms with Gasteiger partial charge in [0.2, 0.25) is 0 Å². The summed E-state index contributed by atoms with van der Waals surface area (Å²) in [5.74, 6) is 0.823. The normalized spacial score (nSPS) is 22.4. The van der Waals surface area contributed by atoms with Crippen molar-refractivity contribution in [3.8, 4) is 5.75 Å².